The van der Waals surface area contributed by atoms with Crippen LogP contribution < -0.4 is 9.64 Å². The molecule has 0 aromatic heterocycles. The van der Waals surface area contributed by atoms with Gasteiger partial charge in [-0.25, -0.2) is 4.79 Å². The van der Waals surface area contributed by atoms with Crippen molar-refractivity contribution in [3.63, 3.8) is 0 Å². The number of nitrogens with zero attached hydrogens (tertiary/aromatic N) is 2. The van der Waals surface area contributed by atoms with Gasteiger partial charge in [-0.15, -0.1) is 0 Å². The number of hydrogen-bond donors (Lipinski definition) is 0. The molecule has 0 radical (unpaired) electrons. The largest absolute Gasteiger partial charge is 0.497 e. The topological polar surface area (TPSA) is 93.2 Å². The fourth-order valence-electron chi connectivity index (χ4n) is 3.65. The molecule has 3 aromatic rings. The summed E-state index contributed by atoms with van der Waals surface area (Å²) in [6, 6.07) is 19.2. The second-order valence-electron chi connectivity index (χ2n) is 7.45. The van der Waals surface area contributed by atoms with Crippen molar-refractivity contribution in [3.8, 4) is 5.75 Å². The van der Waals surface area contributed by atoms with E-state index in [0.717, 1.165) is 4.90 Å². The van der Waals surface area contributed by atoms with Crippen molar-refractivity contribution < 1.29 is 28.7 Å². The SMILES string of the molecule is CCOC(=O)c1ccc(N(CN2C(=O)c3ccccc3C2=O)C(=O)c2ccc(OC)cc2)cc1. The van der Waals surface area contributed by atoms with Gasteiger partial charge < -0.3 is 9.47 Å². The predicted octanol–water partition coefficient (Wildman–Crippen LogP) is 3.77. The molecule has 0 atom stereocenters. The van der Waals surface area contributed by atoms with E-state index in [0.29, 0.717) is 33.7 Å². The lowest BCUT2D eigenvalue weighted by molar-refractivity contribution is 0.0525. The Labute approximate surface area is 196 Å². The Morgan fingerprint density at radius 3 is 1.91 bits per heavy atom. The number of esters is 1. The van der Waals surface area contributed by atoms with Crippen LogP contribution in [0.15, 0.2) is 72.8 Å². The number of benzene rings is 3. The van der Waals surface area contributed by atoms with Crippen molar-refractivity contribution in [2.45, 2.75) is 6.92 Å². The smallest absolute Gasteiger partial charge is 0.338 e. The molecule has 0 fully saturated rings. The Morgan fingerprint density at radius 2 is 1.38 bits per heavy atom. The first-order valence-corrected chi connectivity index (χ1v) is 10.6. The van der Waals surface area contributed by atoms with Crippen LogP contribution in [0, 0.1) is 0 Å². The fourth-order valence-corrected chi connectivity index (χ4v) is 3.65. The van der Waals surface area contributed by atoms with Gasteiger partial charge in [0.2, 0.25) is 0 Å². The van der Waals surface area contributed by atoms with Crippen LogP contribution in [0.2, 0.25) is 0 Å². The van der Waals surface area contributed by atoms with Crippen molar-refractivity contribution in [3.05, 3.63) is 95.1 Å². The first-order chi connectivity index (χ1) is 16.4. The summed E-state index contributed by atoms with van der Waals surface area (Å²) in [6.07, 6.45) is 0. The van der Waals surface area contributed by atoms with Gasteiger partial charge in [-0.3, -0.25) is 24.2 Å². The monoisotopic (exact) mass is 458 g/mol. The molecule has 0 bridgehead atoms. The lowest BCUT2D eigenvalue weighted by Gasteiger charge is -2.27. The summed E-state index contributed by atoms with van der Waals surface area (Å²) in [4.78, 5) is 53.7. The number of carbonyl (C=O) groups excluding carboxylic acids is 4. The van der Waals surface area contributed by atoms with Gasteiger partial charge in [0.15, 0.2) is 0 Å². The molecule has 172 valence electrons. The average Bonchev–Trinajstić information content (AvgIpc) is 3.12. The van der Waals surface area contributed by atoms with Crippen molar-refractivity contribution >= 4 is 29.4 Å². The molecule has 0 saturated heterocycles. The third kappa shape index (κ3) is 4.25. The maximum absolute atomic E-state index is 13.5. The zero-order valence-corrected chi connectivity index (χ0v) is 18.7. The number of carbonyl (C=O) groups is 4. The Bertz CT molecular complexity index is 1220. The van der Waals surface area contributed by atoms with Gasteiger partial charge in [0.05, 0.1) is 30.4 Å². The number of fused-ring (bicyclic) bond motifs is 1. The molecule has 0 aliphatic carbocycles. The molecule has 0 saturated carbocycles. The van der Waals surface area contributed by atoms with Crippen LogP contribution in [0.1, 0.15) is 48.4 Å². The quantitative estimate of drug-likeness (QED) is 0.395. The summed E-state index contributed by atoms with van der Waals surface area (Å²) in [6.45, 7) is 1.65. The van der Waals surface area contributed by atoms with E-state index in [2.05, 4.69) is 0 Å². The molecule has 34 heavy (non-hydrogen) atoms. The number of rotatable bonds is 7. The van der Waals surface area contributed by atoms with E-state index in [-0.39, 0.29) is 13.3 Å². The van der Waals surface area contributed by atoms with E-state index in [1.54, 1.807) is 67.6 Å². The van der Waals surface area contributed by atoms with E-state index in [1.165, 1.54) is 24.1 Å². The zero-order valence-electron chi connectivity index (χ0n) is 18.7. The Hall–Kier alpha value is -4.46. The summed E-state index contributed by atoms with van der Waals surface area (Å²) in [5, 5.41) is 0. The minimum Gasteiger partial charge on any atom is -0.497 e. The molecule has 1 aliphatic rings. The standard InChI is InChI=1S/C26H22N2O6/c1-3-34-26(32)18-8-12-19(13-9-18)27(23(29)17-10-14-20(33-2)15-11-17)16-28-24(30)21-6-4-5-7-22(21)25(28)31/h4-15H,3,16H2,1-2H3. The first kappa shape index (κ1) is 22.7. The van der Waals surface area contributed by atoms with Gasteiger partial charge in [0.1, 0.15) is 12.4 Å². The summed E-state index contributed by atoms with van der Waals surface area (Å²) in [5.74, 6) is -1.28. The highest BCUT2D eigenvalue weighted by molar-refractivity contribution is 6.22. The Kier molecular flexibility index (Phi) is 6.40. The lowest BCUT2D eigenvalue weighted by Crippen LogP contribution is -2.44. The molecule has 0 unspecified atom stereocenters. The van der Waals surface area contributed by atoms with Crippen molar-refractivity contribution in [1.29, 1.82) is 0 Å². The number of imide groups is 1. The summed E-state index contributed by atoms with van der Waals surface area (Å²) < 4.78 is 10.2. The Balaban J connectivity index is 1.68. The molecule has 8 heteroatoms. The fraction of sp³-hybridized carbons (Fsp3) is 0.154. The second kappa shape index (κ2) is 9.58. The van der Waals surface area contributed by atoms with E-state index < -0.39 is 23.7 Å². The first-order valence-electron chi connectivity index (χ1n) is 10.6. The second-order valence-corrected chi connectivity index (χ2v) is 7.45. The molecule has 0 N–H and O–H groups in total. The van der Waals surface area contributed by atoms with Crippen LogP contribution in [0.4, 0.5) is 5.69 Å². The third-order valence-electron chi connectivity index (χ3n) is 5.43. The molecular weight excluding hydrogens is 436 g/mol. The van der Waals surface area contributed by atoms with Gasteiger partial charge in [0, 0.05) is 11.3 Å². The van der Waals surface area contributed by atoms with Crippen LogP contribution in [-0.2, 0) is 4.74 Å². The maximum Gasteiger partial charge on any atom is 0.338 e. The normalized spacial score (nSPS) is 12.4. The summed E-state index contributed by atoms with van der Waals surface area (Å²) in [7, 11) is 1.52. The van der Waals surface area contributed by atoms with E-state index >= 15 is 0 Å². The summed E-state index contributed by atoms with van der Waals surface area (Å²) in [5.41, 5.74) is 1.66. The van der Waals surface area contributed by atoms with Crippen molar-refractivity contribution in [2.75, 3.05) is 25.3 Å². The molecule has 3 amide bonds. The molecule has 8 nitrogen and oxygen atoms in total. The van der Waals surface area contributed by atoms with Gasteiger partial charge in [-0.2, -0.15) is 0 Å². The summed E-state index contributed by atoms with van der Waals surface area (Å²) >= 11 is 0. The molecule has 0 spiro atoms. The van der Waals surface area contributed by atoms with Crippen LogP contribution >= 0.6 is 0 Å². The highest BCUT2D eigenvalue weighted by atomic mass is 16.5. The maximum atomic E-state index is 13.5. The third-order valence-corrected chi connectivity index (χ3v) is 5.43. The van der Waals surface area contributed by atoms with Gasteiger partial charge in [-0.05, 0) is 67.6 Å². The van der Waals surface area contributed by atoms with Gasteiger partial charge in [0.25, 0.3) is 17.7 Å². The van der Waals surface area contributed by atoms with Crippen LogP contribution in [-0.4, -0.2) is 49.0 Å². The number of hydrogen-bond acceptors (Lipinski definition) is 6. The Morgan fingerprint density at radius 1 is 0.824 bits per heavy atom. The van der Waals surface area contributed by atoms with Crippen LogP contribution in [0.25, 0.3) is 0 Å². The molecule has 1 heterocycles. The number of amides is 3. The lowest BCUT2D eigenvalue weighted by atomic mass is 10.1. The van der Waals surface area contributed by atoms with Crippen LogP contribution in [0.3, 0.4) is 0 Å². The average molecular weight is 458 g/mol. The number of ether oxygens (including phenoxy) is 2. The van der Waals surface area contributed by atoms with Crippen molar-refractivity contribution in [2.24, 2.45) is 0 Å². The number of anilines is 1. The minimum atomic E-state index is -0.484. The minimum absolute atomic E-state index is 0.238. The zero-order chi connectivity index (χ0) is 24.2. The van der Waals surface area contributed by atoms with Gasteiger partial charge in [-0.1, -0.05) is 12.1 Å². The van der Waals surface area contributed by atoms with E-state index in [9.17, 15) is 19.2 Å². The van der Waals surface area contributed by atoms with Gasteiger partial charge >= 0.3 is 5.97 Å². The molecule has 3 aromatic carbocycles. The number of methoxy groups -OCH3 is 1. The highest BCUT2D eigenvalue weighted by Gasteiger charge is 2.37. The molecule has 4 rings (SSSR count). The van der Waals surface area contributed by atoms with Crippen LogP contribution in [0.5, 0.6) is 5.75 Å². The highest BCUT2D eigenvalue weighted by Crippen LogP contribution is 2.26. The molecule has 1 aliphatic heterocycles. The van der Waals surface area contributed by atoms with E-state index in [1.807, 2.05) is 0 Å². The van der Waals surface area contributed by atoms with E-state index in [4.69, 9.17) is 9.47 Å². The molecular formula is C26H22N2O6. The predicted molar refractivity (Wildman–Crippen MR) is 124 cm³/mol. The van der Waals surface area contributed by atoms with Crippen molar-refractivity contribution in [1.82, 2.24) is 4.90 Å².